The SMILES string of the molecule is COC(=O)c1ccc(/C(C)=C/c2ccc3c(c2)C(C)(C)CCC3(C)C)cn1. The predicted octanol–water partition coefficient (Wildman–Crippen LogP) is 5.78. The Bertz CT molecular complexity index is 889. The van der Waals surface area contributed by atoms with Crippen LogP contribution < -0.4 is 0 Å². The Morgan fingerprint density at radius 3 is 2.30 bits per heavy atom. The normalized spacial score (nSPS) is 17.9. The summed E-state index contributed by atoms with van der Waals surface area (Å²) in [5.41, 5.74) is 7.01. The number of ether oxygens (including phenoxy) is 1. The first-order valence-electron chi connectivity index (χ1n) is 9.52. The third kappa shape index (κ3) is 3.83. The topological polar surface area (TPSA) is 39.2 Å². The Kier molecular flexibility index (Phi) is 4.98. The zero-order valence-electron chi connectivity index (χ0n) is 17.2. The molecular weight excluding hydrogens is 334 g/mol. The van der Waals surface area contributed by atoms with Crippen LogP contribution in [-0.2, 0) is 15.6 Å². The molecule has 27 heavy (non-hydrogen) atoms. The summed E-state index contributed by atoms with van der Waals surface area (Å²) in [6, 6.07) is 10.5. The van der Waals surface area contributed by atoms with E-state index < -0.39 is 5.97 Å². The van der Waals surface area contributed by atoms with Crippen LogP contribution in [0.3, 0.4) is 0 Å². The number of methoxy groups -OCH3 is 1. The Morgan fingerprint density at radius 2 is 1.70 bits per heavy atom. The number of esters is 1. The highest BCUT2D eigenvalue weighted by Crippen LogP contribution is 2.46. The maximum atomic E-state index is 11.5. The zero-order valence-corrected chi connectivity index (χ0v) is 17.2. The zero-order chi connectivity index (χ0) is 19.8. The van der Waals surface area contributed by atoms with Crippen molar-refractivity contribution in [2.45, 2.75) is 58.3 Å². The summed E-state index contributed by atoms with van der Waals surface area (Å²) >= 11 is 0. The van der Waals surface area contributed by atoms with Crippen molar-refractivity contribution in [1.29, 1.82) is 0 Å². The van der Waals surface area contributed by atoms with Crippen LogP contribution >= 0.6 is 0 Å². The molecule has 0 radical (unpaired) electrons. The van der Waals surface area contributed by atoms with Crippen molar-refractivity contribution in [2.75, 3.05) is 7.11 Å². The van der Waals surface area contributed by atoms with Gasteiger partial charge in [-0.2, -0.15) is 0 Å². The highest BCUT2D eigenvalue weighted by atomic mass is 16.5. The first-order valence-corrected chi connectivity index (χ1v) is 9.52. The maximum absolute atomic E-state index is 11.5. The van der Waals surface area contributed by atoms with Crippen molar-refractivity contribution >= 4 is 17.6 Å². The van der Waals surface area contributed by atoms with Crippen molar-refractivity contribution in [3.8, 4) is 0 Å². The van der Waals surface area contributed by atoms with Crippen molar-refractivity contribution in [3.63, 3.8) is 0 Å². The smallest absolute Gasteiger partial charge is 0.356 e. The van der Waals surface area contributed by atoms with Gasteiger partial charge in [0.05, 0.1) is 7.11 Å². The Morgan fingerprint density at radius 1 is 1.04 bits per heavy atom. The molecule has 142 valence electrons. The minimum Gasteiger partial charge on any atom is -0.464 e. The van der Waals surface area contributed by atoms with E-state index in [-0.39, 0.29) is 10.8 Å². The van der Waals surface area contributed by atoms with E-state index in [0.29, 0.717) is 5.69 Å². The molecule has 3 heteroatoms. The number of carbonyl (C=O) groups is 1. The van der Waals surface area contributed by atoms with Crippen LogP contribution in [0.2, 0.25) is 0 Å². The molecule has 0 aliphatic heterocycles. The first-order chi connectivity index (χ1) is 12.6. The number of nitrogens with zero attached hydrogens (tertiary/aromatic N) is 1. The highest BCUT2D eigenvalue weighted by Gasteiger charge is 2.36. The van der Waals surface area contributed by atoms with Gasteiger partial charge in [-0.1, -0.05) is 58.0 Å². The van der Waals surface area contributed by atoms with Gasteiger partial charge in [0.1, 0.15) is 5.69 Å². The van der Waals surface area contributed by atoms with Gasteiger partial charge in [-0.05, 0) is 64.5 Å². The summed E-state index contributed by atoms with van der Waals surface area (Å²) in [5.74, 6) is -0.414. The van der Waals surface area contributed by atoms with E-state index in [1.165, 1.54) is 36.6 Å². The Balaban J connectivity index is 1.94. The number of hydrogen-bond acceptors (Lipinski definition) is 3. The molecule has 3 rings (SSSR count). The molecule has 3 nitrogen and oxygen atoms in total. The number of benzene rings is 1. The number of pyridine rings is 1. The Hall–Kier alpha value is -2.42. The molecule has 0 bridgehead atoms. The molecule has 0 unspecified atom stereocenters. The van der Waals surface area contributed by atoms with E-state index in [0.717, 1.165) is 11.1 Å². The van der Waals surface area contributed by atoms with E-state index in [1.807, 2.05) is 6.07 Å². The third-order valence-corrected chi connectivity index (χ3v) is 5.87. The predicted molar refractivity (Wildman–Crippen MR) is 111 cm³/mol. The maximum Gasteiger partial charge on any atom is 0.356 e. The molecule has 0 saturated carbocycles. The van der Waals surface area contributed by atoms with Crippen LogP contribution in [0.1, 0.15) is 80.2 Å². The van der Waals surface area contributed by atoms with E-state index in [4.69, 9.17) is 4.74 Å². The van der Waals surface area contributed by atoms with Gasteiger partial charge in [-0.3, -0.25) is 0 Å². The van der Waals surface area contributed by atoms with Gasteiger partial charge in [0, 0.05) is 6.20 Å². The highest BCUT2D eigenvalue weighted by molar-refractivity contribution is 5.88. The number of fused-ring (bicyclic) bond motifs is 1. The minimum absolute atomic E-state index is 0.201. The van der Waals surface area contributed by atoms with Crippen LogP contribution in [0.15, 0.2) is 36.5 Å². The molecule has 0 saturated heterocycles. The van der Waals surface area contributed by atoms with E-state index >= 15 is 0 Å². The molecule has 0 amide bonds. The lowest BCUT2D eigenvalue weighted by Crippen LogP contribution is -2.33. The molecule has 1 aliphatic carbocycles. The molecule has 2 aromatic rings. The molecule has 0 fully saturated rings. The quantitative estimate of drug-likeness (QED) is 0.649. The van der Waals surface area contributed by atoms with E-state index in [2.05, 4.69) is 63.9 Å². The monoisotopic (exact) mass is 363 g/mol. The number of allylic oxidation sites excluding steroid dienone is 1. The number of carbonyl (C=O) groups excluding carboxylic acids is 1. The van der Waals surface area contributed by atoms with Crippen LogP contribution in [0.4, 0.5) is 0 Å². The fourth-order valence-corrected chi connectivity index (χ4v) is 3.88. The number of hydrogen-bond donors (Lipinski definition) is 0. The van der Waals surface area contributed by atoms with Gasteiger partial charge in [-0.25, -0.2) is 9.78 Å². The molecule has 0 atom stereocenters. The van der Waals surface area contributed by atoms with Crippen LogP contribution in [0.25, 0.3) is 11.6 Å². The van der Waals surface area contributed by atoms with Gasteiger partial charge in [0.15, 0.2) is 0 Å². The largest absolute Gasteiger partial charge is 0.464 e. The molecule has 1 aliphatic rings. The first kappa shape index (κ1) is 19.3. The Labute approximate surface area is 162 Å². The second-order valence-electron chi connectivity index (χ2n) is 8.82. The fourth-order valence-electron chi connectivity index (χ4n) is 3.88. The minimum atomic E-state index is -0.414. The van der Waals surface area contributed by atoms with Crippen molar-refractivity contribution < 1.29 is 9.53 Å². The molecule has 0 spiro atoms. The second kappa shape index (κ2) is 6.95. The van der Waals surface area contributed by atoms with Crippen molar-refractivity contribution in [1.82, 2.24) is 4.98 Å². The lowest BCUT2D eigenvalue weighted by Gasteiger charge is -2.42. The lowest BCUT2D eigenvalue weighted by molar-refractivity contribution is 0.0594. The molecular formula is C24H29NO2. The third-order valence-electron chi connectivity index (χ3n) is 5.87. The average Bonchev–Trinajstić information content (AvgIpc) is 2.65. The molecule has 1 heterocycles. The van der Waals surface area contributed by atoms with Gasteiger partial charge in [0.2, 0.25) is 0 Å². The lowest BCUT2D eigenvalue weighted by atomic mass is 9.63. The average molecular weight is 364 g/mol. The van der Waals surface area contributed by atoms with Crippen molar-refractivity contribution in [3.05, 3.63) is 64.5 Å². The summed E-state index contributed by atoms with van der Waals surface area (Å²) in [7, 11) is 1.36. The summed E-state index contributed by atoms with van der Waals surface area (Å²) in [6.45, 7) is 11.4. The van der Waals surface area contributed by atoms with Crippen molar-refractivity contribution in [2.24, 2.45) is 0 Å². The molecule has 1 aromatic heterocycles. The summed E-state index contributed by atoms with van der Waals surface area (Å²) in [4.78, 5) is 15.7. The summed E-state index contributed by atoms with van der Waals surface area (Å²) in [5, 5.41) is 0. The van der Waals surface area contributed by atoms with Gasteiger partial charge < -0.3 is 4.74 Å². The molecule has 0 N–H and O–H groups in total. The van der Waals surface area contributed by atoms with Crippen LogP contribution in [0.5, 0.6) is 0 Å². The number of aromatic nitrogens is 1. The standard InChI is InChI=1S/C24H29NO2/c1-16(18-8-10-21(25-15-18)22(26)27-6)13-17-7-9-19-20(14-17)24(4,5)12-11-23(19,2)3/h7-10,13-15H,11-12H2,1-6H3/b16-13+. The van der Waals surface area contributed by atoms with E-state index in [1.54, 1.807) is 12.3 Å². The second-order valence-corrected chi connectivity index (χ2v) is 8.82. The summed E-state index contributed by atoms with van der Waals surface area (Å²) < 4.78 is 4.71. The fraction of sp³-hybridized carbons (Fsp3) is 0.417. The van der Waals surface area contributed by atoms with E-state index in [9.17, 15) is 4.79 Å². The van der Waals surface area contributed by atoms with Gasteiger partial charge in [0.25, 0.3) is 0 Å². The van der Waals surface area contributed by atoms with Gasteiger partial charge in [-0.15, -0.1) is 0 Å². The van der Waals surface area contributed by atoms with Crippen LogP contribution in [-0.4, -0.2) is 18.1 Å². The summed E-state index contributed by atoms with van der Waals surface area (Å²) in [6.07, 6.45) is 6.34. The number of rotatable bonds is 3. The molecule has 1 aromatic carbocycles. The van der Waals surface area contributed by atoms with Crippen LogP contribution in [0, 0.1) is 0 Å². The van der Waals surface area contributed by atoms with Gasteiger partial charge >= 0.3 is 5.97 Å².